The van der Waals surface area contributed by atoms with Crippen molar-refractivity contribution in [2.45, 2.75) is 32.2 Å². The summed E-state index contributed by atoms with van der Waals surface area (Å²) in [6, 6.07) is 14.9. The second-order valence-corrected chi connectivity index (χ2v) is 5.08. The molecule has 0 amide bonds. The van der Waals surface area contributed by atoms with Crippen molar-refractivity contribution in [3.8, 4) is 5.88 Å². The Kier molecular flexibility index (Phi) is 3.86. The number of hydrogen-bond acceptors (Lipinski definition) is 3. The first-order chi connectivity index (χ1) is 9.86. The molecule has 1 aliphatic carbocycles. The fraction of sp³-hybridized carbons (Fsp3) is 0.353. The lowest BCUT2D eigenvalue weighted by atomic mass is 9.88. The number of rotatable bonds is 4. The first kappa shape index (κ1) is 13.0. The molecular formula is C17H20N2O. The van der Waals surface area contributed by atoms with Crippen molar-refractivity contribution in [2.75, 3.05) is 11.9 Å². The zero-order chi connectivity index (χ0) is 13.8. The molecule has 0 saturated carbocycles. The second-order valence-electron chi connectivity index (χ2n) is 5.08. The summed E-state index contributed by atoms with van der Waals surface area (Å²) < 4.78 is 5.45. The Morgan fingerprint density at radius 2 is 2.10 bits per heavy atom. The van der Waals surface area contributed by atoms with Crippen LogP contribution in [0.1, 0.15) is 36.9 Å². The first-order valence-electron chi connectivity index (χ1n) is 7.31. The molecular weight excluding hydrogens is 248 g/mol. The molecule has 0 saturated heterocycles. The zero-order valence-electron chi connectivity index (χ0n) is 11.8. The molecule has 1 heterocycles. The monoisotopic (exact) mass is 268 g/mol. The van der Waals surface area contributed by atoms with Crippen LogP contribution in [-0.4, -0.2) is 11.6 Å². The summed E-state index contributed by atoms with van der Waals surface area (Å²) in [6.07, 6.45) is 3.55. The van der Waals surface area contributed by atoms with Crippen LogP contribution in [0.25, 0.3) is 0 Å². The third-order valence-electron chi connectivity index (χ3n) is 3.71. The van der Waals surface area contributed by atoms with E-state index in [0.717, 1.165) is 12.2 Å². The standard InChI is InChI=1S/C17H20N2O/c1-2-20-17-12-6-11-16(19-17)18-15-10-5-8-13-7-3-4-9-14(13)15/h3-4,6-7,9,11-12,15H,2,5,8,10H2,1H3,(H,18,19). The zero-order valence-corrected chi connectivity index (χ0v) is 11.8. The van der Waals surface area contributed by atoms with Crippen molar-refractivity contribution in [3.05, 3.63) is 53.6 Å². The highest BCUT2D eigenvalue weighted by atomic mass is 16.5. The number of benzene rings is 1. The highest BCUT2D eigenvalue weighted by molar-refractivity contribution is 5.43. The molecule has 1 N–H and O–H groups in total. The van der Waals surface area contributed by atoms with Gasteiger partial charge in [0.1, 0.15) is 5.82 Å². The number of pyridine rings is 1. The average Bonchev–Trinajstić information content (AvgIpc) is 2.48. The molecule has 1 aromatic heterocycles. The van der Waals surface area contributed by atoms with Gasteiger partial charge in [-0.05, 0) is 43.4 Å². The molecule has 104 valence electrons. The van der Waals surface area contributed by atoms with Crippen LogP contribution in [0.3, 0.4) is 0 Å². The fourth-order valence-corrected chi connectivity index (χ4v) is 2.81. The molecule has 20 heavy (non-hydrogen) atoms. The van der Waals surface area contributed by atoms with E-state index in [-0.39, 0.29) is 0 Å². The van der Waals surface area contributed by atoms with Gasteiger partial charge < -0.3 is 10.1 Å². The SMILES string of the molecule is CCOc1cccc(NC2CCCc3ccccc32)n1. The minimum Gasteiger partial charge on any atom is -0.478 e. The van der Waals surface area contributed by atoms with Crippen molar-refractivity contribution in [2.24, 2.45) is 0 Å². The van der Waals surface area contributed by atoms with Crippen LogP contribution in [0, 0.1) is 0 Å². The normalized spacial score (nSPS) is 17.4. The summed E-state index contributed by atoms with van der Waals surface area (Å²) >= 11 is 0. The van der Waals surface area contributed by atoms with E-state index in [1.165, 1.54) is 24.0 Å². The van der Waals surface area contributed by atoms with Crippen molar-refractivity contribution in [3.63, 3.8) is 0 Å². The average molecular weight is 268 g/mol. The fourth-order valence-electron chi connectivity index (χ4n) is 2.81. The second kappa shape index (κ2) is 5.95. The van der Waals surface area contributed by atoms with E-state index in [9.17, 15) is 0 Å². The van der Waals surface area contributed by atoms with Gasteiger partial charge in [0.15, 0.2) is 0 Å². The summed E-state index contributed by atoms with van der Waals surface area (Å²) in [7, 11) is 0. The van der Waals surface area contributed by atoms with E-state index in [0.29, 0.717) is 18.5 Å². The van der Waals surface area contributed by atoms with Gasteiger partial charge in [-0.15, -0.1) is 0 Å². The number of nitrogens with zero attached hydrogens (tertiary/aromatic N) is 1. The van der Waals surface area contributed by atoms with Gasteiger partial charge in [0.2, 0.25) is 5.88 Å². The number of ether oxygens (including phenoxy) is 1. The quantitative estimate of drug-likeness (QED) is 0.911. The smallest absolute Gasteiger partial charge is 0.215 e. The predicted octanol–water partition coefficient (Wildman–Crippen LogP) is 3.97. The van der Waals surface area contributed by atoms with E-state index in [1.807, 2.05) is 25.1 Å². The van der Waals surface area contributed by atoms with Crippen molar-refractivity contribution in [1.29, 1.82) is 0 Å². The van der Waals surface area contributed by atoms with Crippen LogP contribution in [0.5, 0.6) is 5.88 Å². The summed E-state index contributed by atoms with van der Waals surface area (Å²) in [5, 5.41) is 3.54. The van der Waals surface area contributed by atoms with Crippen LogP contribution in [0.4, 0.5) is 5.82 Å². The maximum Gasteiger partial charge on any atom is 0.215 e. The van der Waals surface area contributed by atoms with Gasteiger partial charge in [0.25, 0.3) is 0 Å². The topological polar surface area (TPSA) is 34.1 Å². The van der Waals surface area contributed by atoms with Gasteiger partial charge in [-0.2, -0.15) is 4.98 Å². The molecule has 0 spiro atoms. The molecule has 3 nitrogen and oxygen atoms in total. The summed E-state index contributed by atoms with van der Waals surface area (Å²) in [6.45, 7) is 2.61. The summed E-state index contributed by atoms with van der Waals surface area (Å²) in [5.74, 6) is 1.57. The maximum absolute atomic E-state index is 5.45. The Labute approximate surface area is 120 Å². The minimum atomic E-state index is 0.351. The van der Waals surface area contributed by atoms with Gasteiger partial charge in [-0.1, -0.05) is 30.3 Å². The van der Waals surface area contributed by atoms with Crippen LogP contribution in [0.2, 0.25) is 0 Å². The molecule has 1 aromatic carbocycles. The van der Waals surface area contributed by atoms with Gasteiger partial charge in [-0.25, -0.2) is 0 Å². The van der Waals surface area contributed by atoms with E-state index in [4.69, 9.17) is 4.74 Å². The number of aryl methyl sites for hydroxylation is 1. The molecule has 3 heteroatoms. The number of anilines is 1. The lowest BCUT2D eigenvalue weighted by molar-refractivity contribution is 0.327. The molecule has 1 atom stereocenters. The molecule has 3 rings (SSSR count). The third-order valence-corrected chi connectivity index (χ3v) is 3.71. The van der Waals surface area contributed by atoms with Crippen LogP contribution < -0.4 is 10.1 Å². The Morgan fingerprint density at radius 3 is 3.00 bits per heavy atom. The molecule has 2 aromatic rings. The predicted molar refractivity (Wildman–Crippen MR) is 81.1 cm³/mol. The van der Waals surface area contributed by atoms with Crippen LogP contribution >= 0.6 is 0 Å². The summed E-state index contributed by atoms with van der Waals surface area (Å²) in [4.78, 5) is 4.50. The summed E-state index contributed by atoms with van der Waals surface area (Å²) in [5.41, 5.74) is 2.86. The van der Waals surface area contributed by atoms with Crippen molar-refractivity contribution in [1.82, 2.24) is 4.98 Å². The van der Waals surface area contributed by atoms with E-state index < -0.39 is 0 Å². The van der Waals surface area contributed by atoms with Crippen molar-refractivity contribution >= 4 is 5.82 Å². The largest absolute Gasteiger partial charge is 0.478 e. The minimum absolute atomic E-state index is 0.351. The molecule has 0 radical (unpaired) electrons. The highest BCUT2D eigenvalue weighted by Gasteiger charge is 2.19. The molecule has 0 bridgehead atoms. The number of nitrogens with one attached hydrogen (secondary N) is 1. The van der Waals surface area contributed by atoms with Gasteiger partial charge in [0, 0.05) is 6.07 Å². The molecule has 1 unspecified atom stereocenters. The van der Waals surface area contributed by atoms with E-state index >= 15 is 0 Å². The lowest BCUT2D eigenvalue weighted by Crippen LogP contribution is -2.17. The number of aromatic nitrogens is 1. The maximum atomic E-state index is 5.45. The Hall–Kier alpha value is -2.03. The Balaban J connectivity index is 1.80. The lowest BCUT2D eigenvalue weighted by Gasteiger charge is -2.26. The molecule has 0 aliphatic heterocycles. The highest BCUT2D eigenvalue weighted by Crippen LogP contribution is 2.32. The number of hydrogen-bond donors (Lipinski definition) is 1. The van der Waals surface area contributed by atoms with Crippen molar-refractivity contribution < 1.29 is 4.74 Å². The Morgan fingerprint density at radius 1 is 1.20 bits per heavy atom. The molecule has 1 aliphatic rings. The first-order valence-corrected chi connectivity index (χ1v) is 7.31. The van der Waals surface area contributed by atoms with E-state index in [2.05, 4.69) is 34.6 Å². The van der Waals surface area contributed by atoms with Gasteiger partial charge in [-0.3, -0.25) is 0 Å². The Bertz CT molecular complexity index is 583. The van der Waals surface area contributed by atoms with Gasteiger partial charge >= 0.3 is 0 Å². The van der Waals surface area contributed by atoms with Gasteiger partial charge in [0.05, 0.1) is 12.6 Å². The van der Waals surface area contributed by atoms with Crippen LogP contribution in [0.15, 0.2) is 42.5 Å². The number of fused-ring (bicyclic) bond motifs is 1. The molecule has 0 fully saturated rings. The van der Waals surface area contributed by atoms with Crippen LogP contribution in [-0.2, 0) is 6.42 Å². The third kappa shape index (κ3) is 2.77. The van der Waals surface area contributed by atoms with E-state index in [1.54, 1.807) is 0 Å².